The lowest BCUT2D eigenvalue weighted by molar-refractivity contribution is -0.131. The summed E-state index contributed by atoms with van der Waals surface area (Å²) in [5, 5.41) is 2.98. The summed E-state index contributed by atoms with van der Waals surface area (Å²) in [6.45, 7) is 1.26. The molecule has 2 aromatic carbocycles. The van der Waals surface area contributed by atoms with Crippen LogP contribution in [0.25, 0.3) is 10.2 Å². The van der Waals surface area contributed by atoms with Gasteiger partial charge in [0, 0.05) is 6.92 Å². The second-order valence-electron chi connectivity index (χ2n) is 4.67. The number of nitrogens with one attached hydrogen (secondary N) is 1. The molecule has 5 nitrogen and oxygen atoms in total. The van der Waals surface area contributed by atoms with Gasteiger partial charge in [-0.15, -0.1) is 0 Å². The maximum atomic E-state index is 13.2. The Hall–Kier alpha value is -2.80. The highest BCUT2D eigenvalue weighted by atomic mass is 32.1. The Morgan fingerprint density at radius 2 is 2.00 bits per heavy atom. The molecular formula is C16H11FN2O3S. The van der Waals surface area contributed by atoms with Crippen LogP contribution < -0.4 is 10.1 Å². The van der Waals surface area contributed by atoms with Crippen LogP contribution in [0.2, 0.25) is 0 Å². The van der Waals surface area contributed by atoms with Crippen molar-refractivity contribution in [2.75, 3.05) is 5.32 Å². The molecule has 1 amide bonds. The Morgan fingerprint density at radius 1 is 1.22 bits per heavy atom. The third-order valence-corrected chi connectivity index (χ3v) is 3.89. The van der Waals surface area contributed by atoms with E-state index in [9.17, 15) is 14.0 Å². The summed E-state index contributed by atoms with van der Waals surface area (Å²) in [5.41, 5.74) is 0.813. The average Bonchev–Trinajstić information content (AvgIpc) is 2.88. The van der Waals surface area contributed by atoms with Crippen molar-refractivity contribution in [2.45, 2.75) is 6.92 Å². The highest BCUT2D eigenvalue weighted by Gasteiger charge is 2.15. The highest BCUT2D eigenvalue weighted by molar-refractivity contribution is 7.22. The lowest BCUT2D eigenvalue weighted by atomic mass is 10.2. The number of para-hydroxylation sites is 1. The summed E-state index contributed by atoms with van der Waals surface area (Å²) < 4.78 is 18.8. The van der Waals surface area contributed by atoms with Gasteiger partial charge >= 0.3 is 5.97 Å². The normalized spacial score (nSPS) is 10.5. The number of aromatic nitrogens is 1. The van der Waals surface area contributed by atoms with E-state index >= 15 is 0 Å². The number of anilines is 1. The van der Waals surface area contributed by atoms with E-state index in [4.69, 9.17) is 4.74 Å². The number of carbonyl (C=O) groups excluding carboxylic acids is 2. The van der Waals surface area contributed by atoms with Crippen molar-refractivity contribution in [3.63, 3.8) is 0 Å². The molecule has 0 radical (unpaired) electrons. The Labute approximate surface area is 134 Å². The van der Waals surface area contributed by atoms with Gasteiger partial charge in [0.15, 0.2) is 5.13 Å². The van der Waals surface area contributed by atoms with Crippen molar-refractivity contribution in [2.24, 2.45) is 0 Å². The van der Waals surface area contributed by atoms with E-state index in [-0.39, 0.29) is 17.1 Å². The van der Waals surface area contributed by atoms with Crippen molar-refractivity contribution < 1.29 is 18.7 Å². The quantitative estimate of drug-likeness (QED) is 0.588. The number of benzene rings is 2. The molecule has 0 bridgehead atoms. The molecule has 0 aliphatic carbocycles. The molecule has 0 unspecified atom stereocenters. The first-order valence-electron chi connectivity index (χ1n) is 6.68. The Balaban J connectivity index is 1.87. The first kappa shape index (κ1) is 15.1. The predicted octanol–water partition coefficient (Wildman–Crippen LogP) is 3.61. The van der Waals surface area contributed by atoms with Gasteiger partial charge in [0.25, 0.3) is 5.91 Å². The zero-order valence-corrected chi connectivity index (χ0v) is 12.8. The fourth-order valence-corrected chi connectivity index (χ4v) is 2.90. The summed E-state index contributed by atoms with van der Waals surface area (Å²) in [6, 6.07) is 10.6. The van der Waals surface area contributed by atoms with Crippen molar-refractivity contribution in [3.05, 3.63) is 53.8 Å². The maximum Gasteiger partial charge on any atom is 0.308 e. The van der Waals surface area contributed by atoms with Crippen LogP contribution in [-0.4, -0.2) is 16.9 Å². The Morgan fingerprint density at radius 3 is 2.78 bits per heavy atom. The molecule has 23 heavy (non-hydrogen) atoms. The largest absolute Gasteiger partial charge is 0.426 e. The zero-order valence-electron chi connectivity index (χ0n) is 12.0. The van der Waals surface area contributed by atoms with Crippen LogP contribution in [0.5, 0.6) is 5.75 Å². The van der Waals surface area contributed by atoms with E-state index in [2.05, 4.69) is 10.3 Å². The first-order valence-corrected chi connectivity index (χ1v) is 7.49. The third kappa shape index (κ3) is 3.35. The van der Waals surface area contributed by atoms with E-state index in [1.807, 2.05) is 0 Å². The molecule has 0 saturated heterocycles. The van der Waals surface area contributed by atoms with Crippen LogP contribution in [0, 0.1) is 5.82 Å². The first-order chi connectivity index (χ1) is 11.0. The van der Waals surface area contributed by atoms with Crippen LogP contribution in [0.3, 0.4) is 0 Å². The van der Waals surface area contributed by atoms with E-state index in [0.717, 1.165) is 11.3 Å². The summed E-state index contributed by atoms with van der Waals surface area (Å²) in [7, 11) is 0. The van der Waals surface area contributed by atoms with Crippen LogP contribution >= 0.6 is 11.3 Å². The molecule has 1 N–H and O–H groups in total. The Kier molecular flexibility index (Phi) is 4.03. The average molecular weight is 330 g/mol. The van der Waals surface area contributed by atoms with Gasteiger partial charge in [-0.1, -0.05) is 23.5 Å². The van der Waals surface area contributed by atoms with E-state index < -0.39 is 11.9 Å². The van der Waals surface area contributed by atoms with Crippen molar-refractivity contribution in [1.29, 1.82) is 0 Å². The second kappa shape index (κ2) is 6.13. The number of nitrogens with zero attached hydrogens (tertiary/aromatic N) is 1. The van der Waals surface area contributed by atoms with Gasteiger partial charge in [0.2, 0.25) is 0 Å². The van der Waals surface area contributed by atoms with E-state index in [1.165, 1.54) is 25.1 Å². The molecule has 1 heterocycles. The molecule has 0 aliphatic heterocycles. The molecule has 0 fully saturated rings. The minimum Gasteiger partial charge on any atom is -0.426 e. The topological polar surface area (TPSA) is 68.3 Å². The van der Waals surface area contributed by atoms with Gasteiger partial charge in [-0.2, -0.15) is 0 Å². The number of thiazole rings is 1. The van der Waals surface area contributed by atoms with Gasteiger partial charge in [0.1, 0.15) is 11.6 Å². The molecule has 3 aromatic rings. The molecule has 0 aliphatic rings. The Bertz CT molecular complexity index is 907. The zero-order chi connectivity index (χ0) is 16.4. The molecular weight excluding hydrogens is 319 g/mol. The molecule has 3 rings (SSSR count). The maximum absolute atomic E-state index is 13.2. The van der Waals surface area contributed by atoms with E-state index in [1.54, 1.807) is 24.3 Å². The second-order valence-corrected chi connectivity index (χ2v) is 5.71. The van der Waals surface area contributed by atoms with Crippen LogP contribution in [0.1, 0.15) is 17.3 Å². The fraction of sp³-hybridized carbons (Fsp3) is 0.0625. The molecule has 0 spiro atoms. The minimum atomic E-state index is -0.513. The number of ether oxygens (including phenoxy) is 1. The summed E-state index contributed by atoms with van der Waals surface area (Å²) in [6.07, 6.45) is 0. The number of hydrogen-bond acceptors (Lipinski definition) is 5. The van der Waals surface area contributed by atoms with Gasteiger partial charge in [-0.3, -0.25) is 14.9 Å². The minimum absolute atomic E-state index is 0.171. The number of esters is 1. The predicted molar refractivity (Wildman–Crippen MR) is 85.3 cm³/mol. The number of amides is 1. The number of rotatable bonds is 3. The van der Waals surface area contributed by atoms with Gasteiger partial charge in [0.05, 0.1) is 15.8 Å². The third-order valence-electron chi connectivity index (χ3n) is 2.96. The van der Waals surface area contributed by atoms with Crippen molar-refractivity contribution in [1.82, 2.24) is 4.98 Å². The summed E-state index contributed by atoms with van der Waals surface area (Å²) >= 11 is 1.16. The van der Waals surface area contributed by atoms with Gasteiger partial charge < -0.3 is 4.74 Å². The molecule has 0 atom stereocenters. The molecule has 0 saturated carbocycles. The number of carbonyl (C=O) groups is 2. The summed E-state index contributed by atoms with van der Waals surface area (Å²) in [5.74, 6) is -1.16. The number of halogens is 1. The standard InChI is InChI=1S/C16H11FN2O3S/c1-9(20)22-13-5-3-2-4-11(13)15(21)19-16-18-12-7-6-10(17)8-14(12)23-16/h2-8H,1H3,(H,18,19,21). The highest BCUT2D eigenvalue weighted by Crippen LogP contribution is 2.27. The van der Waals surface area contributed by atoms with Gasteiger partial charge in [-0.05, 0) is 30.3 Å². The number of fused-ring (bicyclic) bond motifs is 1. The van der Waals surface area contributed by atoms with Crippen LogP contribution in [-0.2, 0) is 4.79 Å². The summed E-state index contributed by atoms with van der Waals surface area (Å²) in [4.78, 5) is 27.7. The van der Waals surface area contributed by atoms with Gasteiger partial charge in [-0.25, -0.2) is 9.37 Å². The van der Waals surface area contributed by atoms with Crippen molar-refractivity contribution in [3.8, 4) is 5.75 Å². The monoisotopic (exact) mass is 330 g/mol. The molecule has 7 heteroatoms. The lowest BCUT2D eigenvalue weighted by Gasteiger charge is -2.07. The smallest absolute Gasteiger partial charge is 0.308 e. The SMILES string of the molecule is CC(=O)Oc1ccccc1C(=O)Nc1nc2ccc(F)cc2s1. The fourth-order valence-electron chi connectivity index (χ4n) is 2.01. The van der Waals surface area contributed by atoms with Crippen molar-refractivity contribution >= 4 is 38.6 Å². The van der Waals surface area contributed by atoms with Crippen LogP contribution in [0.4, 0.5) is 9.52 Å². The number of hydrogen-bond donors (Lipinski definition) is 1. The lowest BCUT2D eigenvalue weighted by Crippen LogP contribution is -2.14. The molecule has 1 aromatic heterocycles. The molecule has 116 valence electrons. The van der Waals surface area contributed by atoms with E-state index in [0.29, 0.717) is 15.3 Å². The van der Waals surface area contributed by atoms with Crippen LogP contribution in [0.15, 0.2) is 42.5 Å².